The predicted octanol–water partition coefficient (Wildman–Crippen LogP) is 2.81. The van der Waals surface area contributed by atoms with Gasteiger partial charge in [0, 0.05) is 11.4 Å². The number of fused-ring (bicyclic) bond motifs is 1. The molecule has 0 fully saturated rings. The molecular weight excluding hydrogens is 460 g/mol. The molecule has 0 aliphatic heterocycles. The van der Waals surface area contributed by atoms with Crippen LogP contribution in [-0.4, -0.2) is 48.1 Å². The van der Waals surface area contributed by atoms with Gasteiger partial charge in [-0.15, -0.1) is 5.10 Å². The van der Waals surface area contributed by atoms with Gasteiger partial charge in [-0.1, -0.05) is 12.1 Å². The summed E-state index contributed by atoms with van der Waals surface area (Å²) >= 11 is 0. The number of nitrogens with one attached hydrogen (secondary N) is 2. The van der Waals surface area contributed by atoms with Crippen molar-refractivity contribution in [1.29, 1.82) is 0 Å². The number of anilines is 2. The lowest BCUT2D eigenvalue weighted by Gasteiger charge is -2.14. The zero-order valence-electron chi connectivity index (χ0n) is 18.9. The molecule has 0 radical (unpaired) electrons. The molecule has 0 bridgehead atoms. The van der Waals surface area contributed by atoms with Gasteiger partial charge in [0.2, 0.25) is 5.82 Å². The number of para-hydroxylation sites is 2. The van der Waals surface area contributed by atoms with Crippen molar-refractivity contribution in [3.05, 3.63) is 65.7 Å². The van der Waals surface area contributed by atoms with Crippen LogP contribution in [0.3, 0.4) is 0 Å². The lowest BCUT2D eigenvalue weighted by atomic mass is 10.3. The molecule has 34 heavy (non-hydrogen) atoms. The highest BCUT2D eigenvalue weighted by Gasteiger charge is 2.21. The molecule has 0 saturated carbocycles. The Morgan fingerprint density at radius 2 is 1.65 bits per heavy atom. The summed E-state index contributed by atoms with van der Waals surface area (Å²) in [5.74, 6) is 0.146. The van der Waals surface area contributed by atoms with E-state index < -0.39 is 15.9 Å². The number of aryl methyl sites for hydroxylation is 2. The number of methoxy groups -OCH3 is 2. The van der Waals surface area contributed by atoms with Crippen molar-refractivity contribution in [3.8, 4) is 11.5 Å². The molecule has 2 aromatic carbocycles. The Bertz CT molecular complexity index is 1500. The average molecular weight is 483 g/mol. The lowest BCUT2D eigenvalue weighted by molar-refractivity contribution is 0.101. The van der Waals surface area contributed by atoms with Gasteiger partial charge in [-0.25, -0.2) is 17.9 Å². The maximum Gasteiger partial charge on any atom is 0.295 e. The SMILES string of the molecule is COc1ccc(S(=O)(=O)Nc2ccccc2OC)cc1NC(=O)c1nc2nc(C)cc(C)n2n1. The summed E-state index contributed by atoms with van der Waals surface area (Å²) in [6, 6.07) is 12.5. The van der Waals surface area contributed by atoms with E-state index in [2.05, 4.69) is 25.1 Å². The van der Waals surface area contributed by atoms with E-state index in [0.717, 1.165) is 11.4 Å². The fourth-order valence-electron chi connectivity index (χ4n) is 3.33. The maximum absolute atomic E-state index is 13.0. The smallest absolute Gasteiger partial charge is 0.295 e. The molecule has 1 amide bonds. The van der Waals surface area contributed by atoms with E-state index >= 15 is 0 Å². The molecule has 12 heteroatoms. The van der Waals surface area contributed by atoms with Gasteiger partial charge >= 0.3 is 0 Å². The van der Waals surface area contributed by atoms with Crippen LogP contribution in [0, 0.1) is 13.8 Å². The molecule has 0 unspecified atom stereocenters. The van der Waals surface area contributed by atoms with Crippen LogP contribution < -0.4 is 19.5 Å². The molecule has 4 rings (SSSR count). The summed E-state index contributed by atoms with van der Waals surface area (Å²) in [4.78, 5) is 21.2. The number of rotatable bonds is 7. The number of aromatic nitrogens is 4. The summed E-state index contributed by atoms with van der Waals surface area (Å²) in [5.41, 5.74) is 1.92. The van der Waals surface area contributed by atoms with E-state index in [1.165, 1.54) is 36.9 Å². The second-order valence-corrected chi connectivity index (χ2v) is 8.99. The summed E-state index contributed by atoms with van der Waals surface area (Å²) < 4.78 is 40.5. The third-order valence-electron chi connectivity index (χ3n) is 4.90. The summed E-state index contributed by atoms with van der Waals surface area (Å²) in [7, 11) is -1.15. The van der Waals surface area contributed by atoms with Gasteiger partial charge in [0.05, 0.1) is 30.5 Å². The van der Waals surface area contributed by atoms with Crippen LogP contribution >= 0.6 is 0 Å². The summed E-state index contributed by atoms with van der Waals surface area (Å²) in [6.07, 6.45) is 0. The molecule has 11 nitrogen and oxygen atoms in total. The largest absolute Gasteiger partial charge is 0.495 e. The standard InChI is InChI=1S/C22H22N6O5S/c1-13-11-14(2)28-22(23-13)25-20(26-28)21(29)24-17-12-15(9-10-19(17)33-4)34(30,31)27-16-7-5-6-8-18(16)32-3/h5-12,27H,1-4H3,(H,24,29). The van der Waals surface area contributed by atoms with E-state index in [-0.39, 0.29) is 33.6 Å². The quantitative estimate of drug-likeness (QED) is 0.410. The number of amides is 1. The fraction of sp³-hybridized carbons (Fsp3) is 0.182. The first-order valence-corrected chi connectivity index (χ1v) is 11.6. The molecule has 0 atom stereocenters. The van der Waals surface area contributed by atoms with Crippen molar-refractivity contribution < 1.29 is 22.7 Å². The number of benzene rings is 2. The van der Waals surface area contributed by atoms with Crippen molar-refractivity contribution in [2.24, 2.45) is 0 Å². The Morgan fingerprint density at radius 3 is 2.38 bits per heavy atom. The second kappa shape index (κ2) is 8.98. The third kappa shape index (κ3) is 4.48. The molecule has 2 heterocycles. The van der Waals surface area contributed by atoms with Crippen LogP contribution in [0.2, 0.25) is 0 Å². The van der Waals surface area contributed by atoms with Crippen molar-refractivity contribution in [1.82, 2.24) is 19.6 Å². The first kappa shape index (κ1) is 23.0. The van der Waals surface area contributed by atoms with Crippen LogP contribution in [0.25, 0.3) is 5.78 Å². The normalized spacial score (nSPS) is 11.3. The maximum atomic E-state index is 13.0. The van der Waals surface area contributed by atoms with Crippen molar-refractivity contribution in [2.45, 2.75) is 18.7 Å². The van der Waals surface area contributed by atoms with E-state index in [1.807, 2.05) is 19.9 Å². The lowest BCUT2D eigenvalue weighted by Crippen LogP contribution is -2.17. The Morgan fingerprint density at radius 1 is 0.941 bits per heavy atom. The van der Waals surface area contributed by atoms with Crippen LogP contribution in [-0.2, 0) is 10.0 Å². The predicted molar refractivity (Wildman–Crippen MR) is 125 cm³/mol. The van der Waals surface area contributed by atoms with Crippen LogP contribution in [0.4, 0.5) is 11.4 Å². The topological polar surface area (TPSA) is 137 Å². The minimum atomic E-state index is -4.01. The Kier molecular flexibility index (Phi) is 6.07. The van der Waals surface area contributed by atoms with Gasteiger partial charge in [-0.3, -0.25) is 9.52 Å². The monoisotopic (exact) mass is 482 g/mol. The Balaban J connectivity index is 1.65. The number of hydrogen-bond acceptors (Lipinski definition) is 8. The molecule has 0 aliphatic carbocycles. The van der Waals surface area contributed by atoms with Crippen molar-refractivity contribution in [2.75, 3.05) is 24.3 Å². The van der Waals surface area contributed by atoms with Gasteiger partial charge in [0.15, 0.2) is 0 Å². The number of ether oxygens (including phenoxy) is 2. The first-order chi connectivity index (χ1) is 16.2. The van der Waals surface area contributed by atoms with E-state index in [0.29, 0.717) is 5.75 Å². The van der Waals surface area contributed by atoms with Crippen LogP contribution in [0.1, 0.15) is 22.0 Å². The van der Waals surface area contributed by atoms with Gasteiger partial charge in [-0.05, 0) is 50.2 Å². The van der Waals surface area contributed by atoms with Crippen molar-refractivity contribution >= 4 is 33.1 Å². The van der Waals surface area contributed by atoms with E-state index in [9.17, 15) is 13.2 Å². The Hall–Kier alpha value is -4.19. The highest BCUT2D eigenvalue weighted by Crippen LogP contribution is 2.31. The average Bonchev–Trinajstić information content (AvgIpc) is 3.24. The zero-order valence-corrected chi connectivity index (χ0v) is 19.7. The van der Waals surface area contributed by atoms with Crippen LogP contribution in [0.5, 0.6) is 11.5 Å². The second-order valence-electron chi connectivity index (χ2n) is 7.31. The van der Waals surface area contributed by atoms with E-state index in [4.69, 9.17) is 9.47 Å². The summed E-state index contributed by atoms with van der Waals surface area (Å²) in [5, 5.41) is 6.82. The fourth-order valence-corrected chi connectivity index (χ4v) is 4.42. The van der Waals surface area contributed by atoms with Crippen LogP contribution in [0.15, 0.2) is 53.4 Å². The highest BCUT2D eigenvalue weighted by molar-refractivity contribution is 7.92. The number of sulfonamides is 1. The highest BCUT2D eigenvalue weighted by atomic mass is 32.2. The molecule has 2 aromatic heterocycles. The Labute approximate surface area is 195 Å². The van der Waals surface area contributed by atoms with Gasteiger partial charge in [0.25, 0.3) is 21.7 Å². The number of carbonyl (C=O) groups excluding carboxylic acids is 1. The number of carbonyl (C=O) groups is 1. The molecule has 176 valence electrons. The molecule has 0 spiro atoms. The first-order valence-electron chi connectivity index (χ1n) is 10.1. The van der Waals surface area contributed by atoms with Gasteiger partial charge in [0.1, 0.15) is 11.5 Å². The number of hydrogen-bond donors (Lipinski definition) is 2. The zero-order chi connectivity index (χ0) is 24.5. The minimum Gasteiger partial charge on any atom is -0.495 e. The van der Waals surface area contributed by atoms with E-state index in [1.54, 1.807) is 24.3 Å². The molecule has 0 saturated heterocycles. The molecule has 0 aliphatic rings. The molecule has 4 aromatic rings. The third-order valence-corrected chi connectivity index (χ3v) is 6.27. The van der Waals surface area contributed by atoms with Gasteiger partial charge in [-0.2, -0.15) is 4.98 Å². The van der Waals surface area contributed by atoms with Gasteiger partial charge < -0.3 is 14.8 Å². The summed E-state index contributed by atoms with van der Waals surface area (Å²) in [6.45, 7) is 3.64. The number of nitrogens with zero attached hydrogens (tertiary/aromatic N) is 4. The molecular formula is C22H22N6O5S. The molecule has 2 N–H and O–H groups in total. The van der Waals surface area contributed by atoms with Crippen molar-refractivity contribution in [3.63, 3.8) is 0 Å². The minimum absolute atomic E-state index is 0.0920.